The number of amides is 3. The maximum absolute atomic E-state index is 12.7. The van der Waals surface area contributed by atoms with Crippen LogP contribution in [0.25, 0.3) is 0 Å². The van der Waals surface area contributed by atoms with E-state index in [1.165, 1.54) is 4.31 Å². The summed E-state index contributed by atoms with van der Waals surface area (Å²) in [5.41, 5.74) is 2.89. The van der Waals surface area contributed by atoms with E-state index >= 15 is 0 Å². The Hall–Kier alpha value is -3.07. The van der Waals surface area contributed by atoms with Crippen LogP contribution in [0.2, 0.25) is 0 Å². The summed E-state index contributed by atoms with van der Waals surface area (Å²) >= 11 is 0. The van der Waals surface area contributed by atoms with Crippen LogP contribution in [0.5, 0.6) is 0 Å². The molecule has 0 atom stereocenters. The summed E-state index contributed by atoms with van der Waals surface area (Å²) in [7, 11) is -1.99. The molecule has 0 spiro atoms. The molecule has 3 rings (SSSR count). The van der Waals surface area contributed by atoms with Crippen molar-refractivity contribution >= 4 is 33.3 Å². The minimum Gasteiger partial charge on any atom is -0.359 e. The van der Waals surface area contributed by atoms with E-state index in [-0.39, 0.29) is 24.6 Å². The number of anilines is 2. The lowest BCUT2D eigenvalue weighted by Gasteiger charge is -2.19. The Morgan fingerprint density at radius 3 is 2.59 bits per heavy atom. The Morgan fingerprint density at radius 1 is 1.07 bits per heavy atom. The fourth-order valence-electron chi connectivity index (χ4n) is 3.22. The van der Waals surface area contributed by atoms with E-state index in [1.54, 1.807) is 37.4 Å². The smallest absolute Gasteiger partial charge is 0.319 e. The molecule has 3 N–H and O–H groups in total. The molecular weight excluding hydrogens is 392 g/mol. The second kappa shape index (κ2) is 8.95. The number of hydrogen-bond acceptors (Lipinski definition) is 4. The largest absolute Gasteiger partial charge is 0.359 e. The van der Waals surface area contributed by atoms with E-state index in [4.69, 9.17) is 0 Å². The molecule has 0 bridgehead atoms. The molecule has 0 saturated carbocycles. The van der Waals surface area contributed by atoms with Gasteiger partial charge in [0.15, 0.2) is 0 Å². The van der Waals surface area contributed by atoms with E-state index in [1.807, 2.05) is 18.2 Å². The van der Waals surface area contributed by atoms with Crippen LogP contribution >= 0.6 is 0 Å². The molecule has 0 aliphatic carbocycles. The summed E-state index contributed by atoms with van der Waals surface area (Å²) < 4.78 is 26.7. The van der Waals surface area contributed by atoms with Crippen LogP contribution < -0.4 is 20.3 Å². The predicted octanol–water partition coefficient (Wildman–Crippen LogP) is 1.49. The van der Waals surface area contributed by atoms with Gasteiger partial charge < -0.3 is 16.0 Å². The van der Waals surface area contributed by atoms with Gasteiger partial charge in [-0.05, 0) is 29.7 Å². The van der Waals surface area contributed by atoms with Gasteiger partial charge in [-0.1, -0.05) is 36.4 Å². The molecule has 1 aliphatic rings. The van der Waals surface area contributed by atoms with Gasteiger partial charge in [0.25, 0.3) is 0 Å². The first-order chi connectivity index (χ1) is 13.9. The number of nitrogens with zero attached hydrogens (tertiary/aromatic N) is 1. The number of fused-ring (bicyclic) bond motifs is 1. The second-order valence-corrected chi connectivity index (χ2v) is 8.67. The normalized spacial score (nSPS) is 12.9. The van der Waals surface area contributed by atoms with E-state index in [0.29, 0.717) is 29.9 Å². The summed E-state index contributed by atoms with van der Waals surface area (Å²) in [6, 6.07) is 13.9. The third-order valence-electron chi connectivity index (χ3n) is 4.72. The SMILES string of the molecule is CNC(=O)Cc1ccccc1NC(=O)NCCS(=O)(=O)N1CCc2ccccc21. The molecule has 1 heterocycles. The zero-order valence-electron chi connectivity index (χ0n) is 16.1. The van der Waals surface area contributed by atoms with Crippen molar-refractivity contribution in [3.05, 3.63) is 59.7 Å². The molecule has 29 heavy (non-hydrogen) atoms. The van der Waals surface area contributed by atoms with Crippen molar-refractivity contribution in [3.8, 4) is 0 Å². The van der Waals surface area contributed by atoms with E-state index in [2.05, 4.69) is 16.0 Å². The zero-order chi connectivity index (χ0) is 20.9. The van der Waals surface area contributed by atoms with Crippen molar-refractivity contribution in [2.24, 2.45) is 0 Å². The first-order valence-electron chi connectivity index (χ1n) is 9.32. The van der Waals surface area contributed by atoms with E-state index in [9.17, 15) is 18.0 Å². The first-order valence-corrected chi connectivity index (χ1v) is 10.9. The molecule has 0 fully saturated rings. The monoisotopic (exact) mass is 416 g/mol. The third-order valence-corrected chi connectivity index (χ3v) is 6.49. The molecule has 1 aliphatic heterocycles. The van der Waals surface area contributed by atoms with Gasteiger partial charge in [-0.15, -0.1) is 0 Å². The standard InChI is InChI=1S/C20H24N4O4S/c1-21-19(25)14-16-7-2-4-8-17(16)23-20(26)22-11-13-29(27,28)24-12-10-15-6-3-5-9-18(15)24/h2-9H,10-14H2,1H3,(H,21,25)(H2,22,23,26). The summed E-state index contributed by atoms with van der Waals surface area (Å²) in [5, 5.41) is 7.79. The van der Waals surface area contributed by atoms with Crippen molar-refractivity contribution in [2.75, 3.05) is 35.5 Å². The summed E-state index contributed by atoms with van der Waals surface area (Å²) in [6.07, 6.45) is 0.821. The average Bonchev–Trinajstić information content (AvgIpc) is 3.14. The van der Waals surface area contributed by atoms with Crippen molar-refractivity contribution in [1.82, 2.24) is 10.6 Å². The highest BCUT2D eigenvalue weighted by molar-refractivity contribution is 7.92. The zero-order valence-corrected chi connectivity index (χ0v) is 17.0. The fourth-order valence-corrected chi connectivity index (χ4v) is 4.65. The Morgan fingerprint density at radius 2 is 1.79 bits per heavy atom. The van der Waals surface area contributed by atoms with Gasteiger partial charge in [-0.25, -0.2) is 13.2 Å². The number of likely N-dealkylation sites (N-methyl/N-ethyl adjacent to an activating group) is 1. The predicted molar refractivity (Wildman–Crippen MR) is 113 cm³/mol. The third kappa shape index (κ3) is 5.05. The molecule has 0 saturated heterocycles. The fraction of sp³-hybridized carbons (Fsp3) is 0.300. The van der Waals surface area contributed by atoms with Gasteiger partial charge >= 0.3 is 6.03 Å². The first kappa shape index (κ1) is 20.7. The number of benzene rings is 2. The quantitative estimate of drug-likeness (QED) is 0.636. The maximum Gasteiger partial charge on any atom is 0.319 e. The van der Waals surface area contributed by atoms with Crippen LogP contribution in [-0.2, 0) is 27.7 Å². The van der Waals surface area contributed by atoms with Crippen LogP contribution in [0.15, 0.2) is 48.5 Å². The van der Waals surface area contributed by atoms with Crippen molar-refractivity contribution < 1.29 is 18.0 Å². The minimum atomic E-state index is -3.53. The van der Waals surface area contributed by atoms with Crippen molar-refractivity contribution in [2.45, 2.75) is 12.8 Å². The molecule has 2 aromatic carbocycles. The Bertz CT molecular complexity index is 1010. The van der Waals surface area contributed by atoms with Crippen molar-refractivity contribution in [3.63, 3.8) is 0 Å². The molecule has 2 aromatic rings. The summed E-state index contributed by atoms with van der Waals surface area (Å²) in [5.74, 6) is -0.370. The highest BCUT2D eigenvalue weighted by Crippen LogP contribution is 2.29. The number of urea groups is 1. The minimum absolute atomic E-state index is 0.0234. The highest BCUT2D eigenvalue weighted by atomic mass is 32.2. The molecule has 0 aromatic heterocycles. The van der Waals surface area contributed by atoms with Gasteiger partial charge in [0, 0.05) is 25.8 Å². The van der Waals surface area contributed by atoms with E-state index < -0.39 is 16.1 Å². The number of hydrogen-bond donors (Lipinski definition) is 3. The summed E-state index contributed by atoms with van der Waals surface area (Å²) in [4.78, 5) is 23.8. The molecule has 0 radical (unpaired) electrons. The number of carbonyl (C=O) groups is 2. The Balaban J connectivity index is 1.55. The molecule has 0 unspecified atom stereocenters. The average molecular weight is 417 g/mol. The van der Waals surface area contributed by atoms with Gasteiger partial charge in [-0.3, -0.25) is 9.10 Å². The topological polar surface area (TPSA) is 108 Å². The lowest BCUT2D eigenvalue weighted by molar-refractivity contribution is -0.119. The highest BCUT2D eigenvalue weighted by Gasteiger charge is 2.28. The Labute approximate surface area is 170 Å². The van der Waals surface area contributed by atoms with Gasteiger partial charge in [0.1, 0.15) is 0 Å². The maximum atomic E-state index is 12.7. The van der Waals surface area contributed by atoms with Gasteiger partial charge in [0.05, 0.1) is 17.9 Å². The molecular formula is C20H24N4O4S. The van der Waals surface area contributed by atoms with Gasteiger partial charge in [0.2, 0.25) is 15.9 Å². The molecule has 9 heteroatoms. The number of carbonyl (C=O) groups excluding carboxylic acids is 2. The van der Waals surface area contributed by atoms with Crippen LogP contribution in [0.4, 0.5) is 16.2 Å². The van der Waals surface area contributed by atoms with Crippen LogP contribution in [0.3, 0.4) is 0 Å². The summed E-state index contributed by atoms with van der Waals surface area (Å²) in [6.45, 7) is 0.394. The molecule has 154 valence electrons. The number of para-hydroxylation sites is 2. The lowest BCUT2D eigenvalue weighted by atomic mass is 10.1. The molecule has 3 amide bonds. The van der Waals surface area contributed by atoms with Crippen LogP contribution in [0.1, 0.15) is 11.1 Å². The van der Waals surface area contributed by atoms with Crippen molar-refractivity contribution in [1.29, 1.82) is 0 Å². The van der Waals surface area contributed by atoms with E-state index in [0.717, 1.165) is 5.56 Å². The van der Waals surface area contributed by atoms with Crippen LogP contribution in [0, 0.1) is 0 Å². The number of sulfonamides is 1. The Kier molecular flexibility index (Phi) is 6.38. The number of rotatable bonds is 7. The molecule has 8 nitrogen and oxygen atoms in total. The second-order valence-electron chi connectivity index (χ2n) is 6.65. The van der Waals surface area contributed by atoms with Crippen LogP contribution in [-0.4, -0.2) is 46.2 Å². The van der Waals surface area contributed by atoms with Gasteiger partial charge in [-0.2, -0.15) is 0 Å². The lowest BCUT2D eigenvalue weighted by Crippen LogP contribution is -2.38. The number of nitrogens with one attached hydrogen (secondary N) is 3.